The van der Waals surface area contributed by atoms with E-state index < -0.39 is 11.9 Å². The molecule has 98 valence electrons. The summed E-state index contributed by atoms with van der Waals surface area (Å²) in [6.45, 7) is 3.34. The zero-order valence-electron chi connectivity index (χ0n) is 9.98. The molecular formula is C13H11ClN2O3. The summed E-state index contributed by atoms with van der Waals surface area (Å²) in [7, 11) is 0. The topological polar surface area (TPSA) is 79.2 Å². The second kappa shape index (κ2) is 7.19. The predicted octanol–water partition coefficient (Wildman–Crippen LogP) is 2.45. The number of amides is 1. The molecule has 5 nitrogen and oxygen atoms in total. The molecule has 1 N–H and O–H groups in total. The molecule has 0 aliphatic carbocycles. The molecule has 0 bridgehead atoms. The Morgan fingerprint density at radius 2 is 2.00 bits per heavy atom. The third-order valence-electron chi connectivity index (χ3n) is 2.00. The van der Waals surface area contributed by atoms with Crippen LogP contribution in [0.25, 0.3) is 0 Å². The molecule has 0 saturated heterocycles. The van der Waals surface area contributed by atoms with E-state index in [1.165, 1.54) is 12.1 Å². The number of hydrogen-bond acceptors (Lipinski definition) is 4. The van der Waals surface area contributed by atoms with Crippen LogP contribution in [0.5, 0.6) is 0 Å². The molecule has 0 saturated carbocycles. The fraction of sp³-hybridized carbons (Fsp3) is 0.154. The van der Waals surface area contributed by atoms with Gasteiger partial charge in [0.1, 0.15) is 13.0 Å². The number of nitrogens with one attached hydrogen (secondary N) is 1. The van der Waals surface area contributed by atoms with Crippen molar-refractivity contribution in [1.29, 1.82) is 5.26 Å². The van der Waals surface area contributed by atoms with Crippen LogP contribution in [0.4, 0.5) is 5.69 Å². The summed E-state index contributed by atoms with van der Waals surface area (Å²) in [5.41, 5.74) is 0.828. The van der Waals surface area contributed by atoms with Gasteiger partial charge in [-0.1, -0.05) is 18.2 Å². The molecule has 0 radical (unpaired) electrons. The standard InChI is InChI=1S/C13H11ClN2O3/c1-9(14)8-19-13(18)10-2-4-11(5-3-10)16-12(17)6-7-15/h2-5H,1,6,8H2,(H,16,17). The van der Waals surface area contributed by atoms with Crippen LogP contribution in [-0.2, 0) is 9.53 Å². The highest BCUT2D eigenvalue weighted by Gasteiger charge is 2.08. The number of nitrogens with zero attached hydrogens (tertiary/aromatic N) is 1. The minimum atomic E-state index is -0.531. The monoisotopic (exact) mass is 278 g/mol. The predicted molar refractivity (Wildman–Crippen MR) is 70.6 cm³/mol. The van der Waals surface area contributed by atoms with E-state index >= 15 is 0 Å². The summed E-state index contributed by atoms with van der Waals surface area (Å²) in [5, 5.41) is 11.1. The lowest BCUT2D eigenvalue weighted by Crippen LogP contribution is -2.10. The van der Waals surface area contributed by atoms with Gasteiger partial charge in [0, 0.05) is 10.7 Å². The number of rotatable bonds is 5. The zero-order valence-corrected chi connectivity index (χ0v) is 10.7. The Morgan fingerprint density at radius 3 is 2.53 bits per heavy atom. The van der Waals surface area contributed by atoms with Crippen molar-refractivity contribution in [2.45, 2.75) is 6.42 Å². The Balaban J connectivity index is 2.61. The number of halogens is 1. The number of benzene rings is 1. The summed E-state index contributed by atoms with van der Waals surface area (Å²) < 4.78 is 4.85. The minimum Gasteiger partial charge on any atom is -0.456 e. The third kappa shape index (κ3) is 5.23. The zero-order chi connectivity index (χ0) is 14.3. The number of ether oxygens (including phenoxy) is 1. The fourth-order valence-electron chi connectivity index (χ4n) is 1.19. The molecule has 1 rings (SSSR count). The lowest BCUT2D eigenvalue weighted by Gasteiger charge is -2.05. The van der Waals surface area contributed by atoms with Gasteiger partial charge < -0.3 is 10.1 Å². The summed E-state index contributed by atoms with van der Waals surface area (Å²) in [5.74, 6) is -0.937. The van der Waals surface area contributed by atoms with Crippen molar-refractivity contribution in [3.05, 3.63) is 41.4 Å². The average Bonchev–Trinajstić information content (AvgIpc) is 2.37. The molecule has 1 aromatic carbocycles. The van der Waals surface area contributed by atoms with Crippen molar-refractivity contribution in [3.63, 3.8) is 0 Å². The molecule has 0 fully saturated rings. The molecule has 1 aromatic rings. The van der Waals surface area contributed by atoms with Crippen LogP contribution >= 0.6 is 11.6 Å². The van der Waals surface area contributed by atoms with E-state index in [1.54, 1.807) is 18.2 Å². The van der Waals surface area contributed by atoms with E-state index in [2.05, 4.69) is 11.9 Å². The highest BCUT2D eigenvalue weighted by molar-refractivity contribution is 6.29. The molecule has 0 aliphatic heterocycles. The van der Waals surface area contributed by atoms with Crippen molar-refractivity contribution in [2.75, 3.05) is 11.9 Å². The maximum Gasteiger partial charge on any atom is 0.338 e. The molecule has 19 heavy (non-hydrogen) atoms. The van der Waals surface area contributed by atoms with Gasteiger partial charge in [0.05, 0.1) is 11.6 Å². The van der Waals surface area contributed by atoms with Crippen molar-refractivity contribution >= 4 is 29.2 Å². The summed E-state index contributed by atoms with van der Waals surface area (Å²) >= 11 is 5.48. The number of esters is 1. The highest BCUT2D eigenvalue weighted by atomic mass is 35.5. The summed E-state index contributed by atoms with van der Waals surface area (Å²) in [4.78, 5) is 22.7. The normalized spacial score (nSPS) is 9.26. The van der Waals surface area contributed by atoms with E-state index in [-0.39, 0.29) is 18.1 Å². The lowest BCUT2D eigenvalue weighted by atomic mass is 10.2. The van der Waals surface area contributed by atoms with Gasteiger partial charge in [-0.15, -0.1) is 0 Å². The second-order valence-corrected chi connectivity index (χ2v) is 4.09. The van der Waals surface area contributed by atoms with Crippen LogP contribution in [0, 0.1) is 11.3 Å². The molecule has 0 heterocycles. The molecular weight excluding hydrogens is 268 g/mol. The Morgan fingerprint density at radius 1 is 1.37 bits per heavy atom. The van der Waals surface area contributed by atoms with Crippen molar-refractivity contribution < 1.29 is 14.3 Å². The quantitative estimate of drug-likeness (QED) is 0.839. The van der Waals surface area contributed by atoms with Crippen LogP contribution in [0.1, 0.15) is 16.8 Å². The van der Waals surface area contributed by atoms with Gasteiger partial charge >= 0.3 is 5.97 Å². The number of nitriles is 1. The van der Waals surface area contributed by atoms with Crippen LogP contribution in [0.2, 0.25) is 0 Å². The molecule has 0 aromatic heterocycles. The molecule has 1 amide bonds. The smallest absolute Gasteiger partial charge is 0.338 e. The Kier molecular flexibility index (Phi) is 5.58. The number of anilines is 1. The highest BCUT2D eigenvalue weighted by Crippen LogP contribution is 2.11. The minimum absolute atomic E-state index is 0.0545. The van der Waals surface area contributed by atoms with Gasteiger partial charge in [-0.25, -0.2) is 4.79 Å². The van der Waals surface area contributed by atoms with Crippen LogP contribution in [-0.4, -0.2) is 18.5 Å². The first-order valence-corrected chi connectivity index (χ1v) is 5.68. The Hall–Kier alpha value is -2.32. The first-order chi connectivity index (χ1) is 9.02. The molecule has 0 spiro atoms. The Bertz CT molecular complexity index is 532. The first-order valence-electron chi connectivity index (χ1n) is 5.30. The maximum atomic E-state index is 11.5. The van der Waals surface area contributed by atoms with E-state index in [4.69, 9.17) is 21.6 Å². The van der Waals surface area contributed by atoms with Gasteiger partial charge in [0.2, 0.25) is 5.91 Å². The largest absolute Gasteiger partial charge is 0.456 e. The third-order valence-corrected chi connectivity index (χ3v) is 2.11. The number of hydrogen-bond donors (Lipinski definition) is 1. The van der Waals surface area contributed by atoms with Gasteiger partial charge in [0.25, 0.3) is 0 Å². The van der Waals surface area contributed by atoms with Crippen LogP contribution < -0.4 is 5.32 Å². The molecule has 0 atom stereocenters. The second-order valence-electron chi connectivity index (χ2n) is 3.55. The van der Waals surface area contributed by atoms with Crippen molar-refractivity contribution in [2.24, 2.45) is 0 Å². The number of carbonyl (C=O) groups is 2. The SMILES string of the molecule is C=C(Cl)COC(=O)c1ccc(NC(=O)CC#N)cc1. The fourth-order valence-corrected chi connectivity index (χ4v) is 1.25. The van der Waals surface area contributed by atoms with Crippen molar-refractivity contribution in [1.82, 2.24) is 0 Å². The van der Waals surface area contributed by atoms with E-state index in [1.807, 2.05) is 0 Å². The van der Waals surface area contributed by atoms with E-state index in [9.17, 15) is 9.59 Å². The van der Waals surface area contributed by atoms with Crippen LogP contribution in [0.15, 0.2) is 35.9 Å². The Labute approximate surface area is 115 Å². The summed E-state index contributed by atoms with van der Waals surface area (Å²) in [6.07, 6.45) is -0.221. The van der Waals surface area contributed by atoms with Crippen LogP contribution in [0.3, 0.4) is 0 Å². The molecule has 6 heteroatoms. The van der Waals surface area contributed by atoms with E-state index in [0.29, 0.717) is 11.3 Å². The maximum absolute atomic E-state index is 11.5. The molecule has 0 aliphatic rings. The molecule has 0 unspecified atom stereocenters. The van der Waals surface area contributed by atoms with Gasteiger partial charge in [-0.05, 0) is 24.3 Å². The van der Waals surface area contributed by atoms with Gasteiger partial charge in [-0.2, -0.15) is 5.26 Å². The first kappa shape index (κ1) is 14.7. The van der Waals surface area contributed by atoms with E-state index in [0.717, 1.165) is 0 Å². The lowest BCUT2D eigenvalue weighted by molar-refractivity contribution is -0.115. The summed E-state index contributed by atoms with van der Waals surface area (Å²) in [6, 6.07) is 7.83. The van der Waals surface area contributed by atoms with Gasteiger partial charge in [0.15, 0.2) is 0 Å². The van der Waals surface area contributed by atoms with Crippen molar-refractivity contribution in [3.8, 4) is 6.07 Å². The number of carbonyl (C=O) groups excluding carboxylic acids is 2. The average molecular weight is 279 g/mol. The van der Waals surface area contributed by atoms with Gasteiger partial charge in [-0.3, -0.25) is 4.79 Å².